The first-order valence-electron chi connectivity index (χ1n) is 14.3. The van der Waals surface area contributed by atoms with E-state index in [1.54, 1.807) is 7.11 Å². The first-order valence-corrected chi connectivity index (χ1v) is 14.3. The smallest absolute Gasteiger partial charge is 0.220 e. The fourth-order valence-corrected chi connectivity index (χ4v) is 5.47. The molecule has 1 aromatic carbocycles. The van der Waals surface area contributed by atoms with E-state index in [2.05, 4.69) is 30.4 Å². The highest BCUT2D eigenvalue weighted by molar-refractivity contribution is 5.83. The summed E-state index contributed by atoms with van der Waals surface area (Å²) in [4.78, 5) is 25.0. The molecule has 0 heterocycles. The average molecular weight is 498 g/mol. The van der Waals surface area contributed by atoms with Crippen molar-refractivity contribution >= 4 is 11.7 Å². The molecular formula is C31H47NO4. The number of ketones is 1. The van der Waals surface area contributed by atoms with Gasteiger partial charge in [-0.1, -0.05) is 69.7 Å². The monoisotopic (exact) mass is 497 g/mol. The van der Waals surface area contributed by atoms with E-state index in [-0.39, 0.29) is 29.9 Å². The minimum Gasteiger partial charge on any atom is -0.497 e. The van der Waals surface area contributed by atoms with Crippen molar-refractivity contribution in [1.82, 2.24) is 5.32 Å². The van der Waals surface area contributed by atoms with Crippen LogP contribution in [0.3, 0.4) is 0 Å². The Bertz CT molecular complexity index is 829. The van der Waals surface area contributed by atoms with Crippen LogP contribution in [-0.2, 0) is 9.59 Å². The number of aliphatic hydroxyl groups excluding tert-OH is 1. The van der Waals surface area contributed by atoms with Gasteiger partial charge in [0.2, 0.25) is 5.91 Å². The first-order chi connectivity index (χ1) is 17.5. The van der Waals surface area contributed by atoms with Crippen molar-refractivity contribution in [3.8, 4) is 5.75 Å². The Morgan fingerprint density at radius 1 is 1.08 bits per heavy atom. The second kappa shape index (κ2) is 15.2. The highest BCUT2D eigenvalue weighted by atomic mass is 16.5. The summed E-state index contributed by atoms with van der Waals surface area (Å²) in [5.74, 6) is 2.29. The predicted octanol–water partition coefficient (Wildman–Crippen LogP) is 6.70. The maximum atomic E-state index is 12.6. The number of methoxy groups -OCH3 is 1. The topological polar surface area (TPSA) is 75.6 Å². The van der Waals surface area contributed by atoms with E-state index in [9.17, 15) is 14.7 Å². The van der Waals surface area contributed by atoms with E-state index in [4.69, 9.17) is 4.74 Å². The van der Waals surface area contributed by atoms with Crippen molar-refractivity contribution in [2.75, 3.05) is 7.11 Å². The fraction of sp³-hybridized carbons (Fsp3) is 0.677. The number of rotatable bonds is 17. The minimum absolute atomic E-state index is 0.104. The maximum absolute atomic E-state index is 12.6. The van der Waals surface area contributed by atoms with Crippen LogP contribution >= 0.6 is 0 Å². The number of amides is 1. The largest absolute Gasteiger partial charge is 0.497 e. The Morgan fingerprint density at radius 3 is 2.53 bits per heavy atom. The van der Waals surface area contributed by atoms with Gasteiger partial charge in [-0.2, -0.15) is 0 Å². The summed E-state index contributed by atoms with van der Waals surface area (Å²) in [6.45, 7) is 2.17. The van der Waals surface area contributed by atoms with E-state index >= 15 is 0 Å². The van der Waals surface area contributed by atoms with Gasteiger partial charge in [0.1, 0.15) is 11.5 Å². The number of hydrogen-bond donors (Lipinski definition) is 2. The van der Waals surface area contributed by atoms with Crippen molar-refractivity contribution in [2.24, 2.45) is 17.8 Å². The summed E-state index contributed by atoms with van der Waals surface area (Å²) in [6.07, 6.45) is 17.2. The molecule has 0 aromatic heterocycles. The number of Topliss-reactive ketones (excluding diaryl/α,β-unsaturated/α-hetero) is 1. The van der Waals surface area contributed by atoms with Crippen molar-refractivity contribution in [3.63, 3.8) is 0 Å². The van der Waals surface area contributed by atoms with Crippen LogP contribution in [0.1, 0.15) is 108 Å². The highest BCUT2D eigenvalue weighted by Gasteiger charge is 2.34. The molecule has 2 saturated carbocycles. The third kappa shape index (κ3) is 9.38. The van der Waals surface area contributed by atoms with Crippen molar-refractivity contribution in [3.05, 3.63) is 42.0 Å². The zero-order valence-electron chi connectivity index (χ0n) is 22.4. The van der Waals surface area contributed by atoms with Crippen LogP contribution in [0.4, 0.5) is 0 Å². The van der Waals surface area contributed by atoms with E-state index in [0.717, 1.165) is 75.5 Å². The lowest BCUT2D eigenvalue weighted by Gasteiger charge is -2.19. The van der Waals surface area contributed by atoms with Gasteiger partial charge in [-0.3, -0.25) is 9.59 Å². The molecule has 200 valence electrons. The van der Waals surface area contributed by atoms with Crippen LogP contribution < -0.4 is 10.1 Å². The van der Waals surface area contributed by atoms with Crippen LogP contribution in [0.25, 0.3) is 0 Å². The third-order valence-corrected chi connectivity index (χ3v) is 7.89. The van der Waals surface area contributed by atoms with E-state index < -0.39 is 0 Å². The van der Waals surface area contributed by atoms with Crippen molar-refractivity contribution < 1.29 is 19.4 Å². The highest BCUT2D eigenvalue weighted by Crippen LogP contribution is 2.41. The van der Waals surface area contributed by atoms with Gasteiger partial charge in [-0.15, -0.1) is 0 Å². The number of nitrogens with one attached hydrogen (secondary N) is 1. The summed E-state index contributed by atoms with van der Waals surface area (Å²) in [6, 6.07) is 8.14. The zero-order chi connectivity index (χ0) is 25.8. The maximum Gasteiger partial charge on any atom is 0.220 e. The number of carbonyl (C=O) groups excluding carboxylic acids is 2. The first kappa shape index (κ1) is 28.4. The van der Waals surface area contributed by atoms with Crippen molar-refractivity contribution in [1.29, 1.82) is 0 Å². The molecule has 0 aliphatic heterocycles. The third-order valence-electron chi connectivity index (χ3n) is 7.89. The van der Waals surface area contributed by atoms with Gasteiger partial charge in [0.25, 0.3) is 0 Å². The molecular weight excluding hydrogens is 450 g/mol. The predicted molar refractivity (Wildman–Crippen MR) is 145 cm³/mol. The van der Waals surface area contributed by atoms with E-state index in [0.29, 0.717) is 24.5 Å². The number of aliphatic hydroxyl groups is 1. The molecule has 36 heavy (non-hydrogen) atoms. The van der Waals surface area contributed by atoms with Gasteiger partial charge < -0.3 is 15.2 Å². The fourth-order valence-electron chi connectivity index (χ4n) is 5.47. The molecule has 2 N–H and O–H groups in total. The van der Waals surface area contributed by atoms with Crippen LogP contribution in [0, 0.1) is 17.8 Å². The summed E-state index contributed by atoms with van der Waals surface area (Å²) < 4.78 is 5.25. The van der Waals surface area contributed by atoms with E-state index in [1.807, 2.05) is 18.2 Å². The second-order valence-corrected chi connectivity index (χ2v) is 10.8. The SMILES string of the molecule is CCCCC[C@H](O)C=C[C@@H]1CCC(=O)[C@@H]1CCCCCCC(=O)N[C@@H](c1ccc(OC)cc1)C1CC1. The Kier molecular flexibility index (Phi) is 12.0. The minimum atomic E-state index is -0.386. The van der Waals surface area contributed by atoms with E-state index in [1.165, 1.54) is 12.8 Å². The van der Waals surface area contributed by atoms with Gasteiger partial charge in [-0.05, 0) is 68.1 Å². The van der Waals surface area contributed by atoms with Gasteiger partial charge >= 0.3 is 0 Å². The molecule has 0 saturated heterocycles. The Morgan fingerprint density at radius 2 is 1.83 bits per heavy atom. The molecule has 1 aromatic rings. The van der Waals surface area contributed by atoms with Crippen LogP contribution in [0.15, 0.2) is 36.4 Å². The molecule has 0 radical (unpaired) electrons. The molecule has 3 rings (SSSR count). The number of hydrogen-bond acceptors (Lipinski definition) is 4. The van der Waals surface area contributed by atoms with Crippen LogP contribution in [-0.4, -0.2) is 30.0 Å². The average Bonchev–Trinajstić information content (AvgIpc) is 3.67. The van der Waals surface area contributed by atoms with Gasteiger partial charge in [0.15, 0.2) is 0 Å². The molecule has 0 spiro atoms. The number of allylic oxidation sites excluding steroid dienone is 1. The molecule has 1 amide bonds. The molecule has 2 aliphatic rings. The normalized spacial score (nSPS) is 21.6. The summed E-state index contributed by atoms with van der Waals surface area (Å²) in [5, 5.41) is 13.4. The number of ether oxygens (including phenoxy) is 1. The summed E-state index contributed by atoms with van der Waals surface area (Å²) >= 11 is 0. The Balaban J connectivity index is 1.32. The zero-order valence-corrected chi connectivity index (χ0v) is 22.4. The lowest BCUT2D eigenvalue weighted by Crippen LogP contribution is -2.29. The molecule has 4 atom stereocenters. The summed E-state index contributed by atoms with van der Waals surface area (Å²) in [7, 11) is 1.66. The van der Waals surface area contributed by atoms with Crippen molar-refractivity contribution in [2.45, 2.75) is 109 Å². The van der Waals surface area contributed by atoms with Gasteiger partial charge in [0.05, 0.1) is 19.3 Å². The standard InChI is InChI=1S/C31H47NO4/c1-3-4-7-10-26(33)19-15-23-18-22-29(34)28(23)11-8-5-6-9-12-30(35)32-31(24-13-14-24)25-16-20-27(36-2)21-17-25/h15-17,19-21,23-24,26,28,31,33H,3-14,18,22H2,1-2H3,(H,32,35)/t23-,26+,28-,31-/m1/s1. The Hall–Kier alpha value is -2.14. The molecule has 5 nitrogen and oxygen atoms in total. The second-order valence-electron chi connectivity index (χ2n) is 10.8. The molecule has 0 unspecified atom stereocenters. The van der Waals surface area contributed by atoms with Crippen LogP contribution in [0.5, 0.6) is 5.75 Å². The molecule has 2 fully saturated rings. The molecule has 2 aliphatic carbocycles. The number of carbonyl (C=O) groups is 2. The number of unbranched alkanes of at least 4 members (excludes halogenated alkanes) is 5. The summed E-state index contributed by atoms with van der Waals surface area (Å²) in [5.41, 5.74) is 1.16. The lowest BCUT2D eigenvalue weighted by atomic mass is 9.89. The van der Waals surface area contributed by atoms with Crippen LogP contribution in [0.2, 0.25) is 0 Å². The lowest BCUT2D eigenvalue weighted by molar-refractivity contribution is -0.122. The van der Waals surface area contributed by atoms with Gasteiger partial charge in [0, 0.05) is 18.8 Å². The number of benzene rings is 1. The van der Waals surface area contributed by atoms with Gasteiger partial charge in [-0.25, -0.2) is 0 Å². The Labute approximate surface area is 218 Å². The molecule has 0 bridgehead atoms. The quantitative estimate of drug-likeness (QED) is 0.186. The molecule has 5 heteroatoms.